The molecule has 2 aromatic carbocycles. The van der Waals surface area contributed by atoms with Gasteiger partial charge in [-0.1, -0.05) is 42.5 Å². The molecule has 9 nitrogen and oxygen atoms in total. The number of alkyl halides is 4. The lowest BCUT2D eigenvalue weighted by atomic mass is 10.1. The minimum Gasteiger partial charge on any atom is -0.382 e. The van der Waals surface area contributed by atoms with Crippen LogP contribution >= 0.6 is 0 Å². The average Bonchev–Trinajstić information content (AvgIpc) is 3.55. The third kappa shape index (κ3) is 4.51. The second-order valence-corrected chi connectivity index (χ2v) is 11.7. The SMILES string of the molecule is COC1C=CC(c2cc(C(F)(F)F)c3c(N)ncnn23)=CN1[C@@H]1CN(S(=O)(=O)c2cccc3ccccc23)C[C@@H]1F. The molecule has 0 bridgehead atoms. The van der Waals surface area contributed by atoms with Gasteiger partial charge in [0.05, 0.1) is 22.2 Å². The summed E-state index contributed by atoms with van der Waals surface area (Å²) < 4.78 is 92.2. The van der Waals surface area contributed by atoms with Crippen LogP contribution in [0.2, 0.25) is 0 Å². The Bertz CT molecular complexity index is 1820. The zero-order valence-electron chi connectivity index (χ0n) is 21.5. The van der Waals surface area contributed by atoms with E-state index in [9.17, 15) is 21.6 Å². The van der Waals surface area contributed by atoms with E-state index in [4.69, 9.17) is 10.5 Å². The fourth-order valence-corrected chi connectivity index (χ4v) is 7.12. The first-order valence-electron chi connectivity index (χ1n) is 12.5. The van der Waals surface area contributed by atoms with Crippen LogP contribution < -0.4 is 5.73 Å². The highest BCUT2D eigenvalue weighted by Gasteiger charge is 2.44. The van der Waals surface area contributed by atoms with Crippen LogP contribution in [0.5, 0.6) is 0 Å². The highest BCUT2D eigenvalue weighted by Crippen LogP contribution is 2.39. The number of halogens is 4. The predicted molar refractivity (Wildman–Crippen MR) is 144 cm³/mol. The molecule has 14 heteroatoms. The number of benzene rings is 2. The first-order valence-corrected chi connectivity index (χ1v) is 14.0. The average molecular weight is 589 g/mol. The molecule has 41 heavy (non-hydrogen) atoms. The molecular formula is C27H24F4N6O3S. The van der Waals surface area contributed by atoms with Gasteiger partial charge < -0.3 is 15.4 Å². The van der Waals surface area contributed by atoms with Crippen LogP contribution in [0.4, 0.5) is 23.4 Å². The highest BCUT2D eigenvalue weighted by molar-refractivity contribution is 7.89. The number of sulfonamides is 1. The number of hydrogen-bond acceptors (Lipinski definition) is 7. The lowest BCUT2D eigenvalue weighted by Gasteiger charge is -2.36. The van der Waals surface area contributed by atoms with Crippen molar-refractivity contribution >= 4 is 37.7 Å². The predicted octanol–water partition coefficient (Wildman–Crippen LogP) is 4.08. The quantitative estimate of drug-likeness (QED) is 0.350. The zero-order chi connectivity index (χ0) is 29.1. The van der Waals surface area contributed by atoms with Crippen molar-refractivity contribution in [2.75, 3.05) is 25.9 Å². The van der Waals surface area contributed by atoms with E-state index >= 15 is 4.39 Å². The van der Waals surface area contributed by atoms with Gasteiger partial charge in [0.25, 0.3) is 0 Å². The van der Waals surface area contributed by atoms with Gasteiger partial charge in [-0.15, -0.1) is 0 Å². The van der Waals surface area contributed by atoms with E-state index in [0.717, 1.165) is 26.6 Å². The molecule has 3 atom stereocenters. The number of nitrogens with zero attached hydrogens (tertiary/aromatic N) is 5. The first kappa shape index (κ1) is 27.2. The molecule has 4 aromatic rings. The molecular weight excluding hydrogens is 564 g/mol. The molecule has 1 unspecified atom stereocenters. The molecule has 1 saturated heterocycles. The summed E-state index contributed by atoms with van der Waals surface area (Å²) in [7, 11) is -2.68. The zero-order valence-corrected chi connectivity index (χ0v) is 22.3. The molecule has 0 amide bonds. The molecule has 6 rings (SSSR count). The summed E-state index contributed by atoms with van der Waals surface area (Å²) in [6, 6.07) is 11.9. The monoisotopic (exact) mass is 588 g/mol. The van der Waals surface area contributed by atoms with Crippen molar-refractivity contribution in [2.45, 2.75) is 29.5 Å². The van der Waals surface area contributed by atoms with Gasteiger partial charge in [-0.25, -0.2) is 22.3 Å². The molecule has 0 radical (unpaired) electrons. The third-order valence-electron chi connectivity index (χ3n) is 7.38. The van der Waals surface area contributed by atoms with Gasteiger partial charge >= 0.3 is 6.18 Å². The summed E-state index contributed by atoms with van der Waals surface area (Å²) >= 11 is 0. The Kier molecular flexibility index (Phi) is 6.51. The largest absolute Gasteiger partial charge is 0.418 e. The second kappa shape index (κ2) is 9.82. The summed E-state index contributed by atoms with van der Waals surface area (Å²) in [4.78, 5) is 5.24. The molecule has 2 N–H and O–H groups in total. The number of aromatic nitrogens is 3. The Labute approximate surface area is 232 Å². The number of anilines is 1. The number of allylic oxidation sites excluding steroid dienone is 2. The summed E-state index contributed by atoms with van der Waals surface area (Å²) in [5.41, 5.74) is 4.67. The van der Waals surface area contributed by atoms with E-state index in [1.165, 1.54) is 30.4 Å². The van der Waals surface area contributed by atoms with Crippen LogP contribution in [-0.4, -0.2) is 70.9 Å². The Balaban J connectivity index is 1.38. The van der Waals surface area contributed by atoms with Gasteiger partial charge in [0.15, 0.2) is 5.82 Å². The van der Waals surface area contributed by atoms with Crippen LogP contribution in [0, 0.1) is 0 Å². The maximum Gasteiger partial charge on any atom is 0.418 e. The fraction of sp³-hybridized carbons (Fsp3) is 0.259. The minimum absolute atomic E-state index is 0.0471. The van der Waals surface area contributed by atoms with E-state index in [0.29, 0.717) is 5.39 Å². The number of ether oxygens (including phenoxy) is 1. The summed E-state index contributed by atoms with van der Waals surface area (Å²) in [5, 5.41) is 5.22. The fourth-order valence-electron chi connectivity index (χ4n) is 5.44. The molecule has 214 valence electrons. The van der Waals surface area contributed by atoms with Crippen LogP contribution in [-0.2, 0) is 20.9 Å². The number of methoxy groups -OCH3 is 1. The smallest absolute Gasteiger partial charge is 0.382 e. The van der Waals surface area contributed by atoms with Crippen molar-refractivity contribution in [3.05, 3.63) is 84.5 Å². The molecule has 2 aromatic heterocycles. The molecule has 4 heterocycles. The lowest BCUT2D eigenvalue weighted by Crippen LogP contribution is -2.46. The Hall–Kier alpha value is -4.01. The Morgan fingerprint density at radius 3 is 2.61 bits per heavy atom. The van der Waals surface area contributed by atoms with E-state index in [1.54, 1.807) is 42.5 Å². The molecule has 2 aliphatic heterocycles. The van der Waals surface area contributed by atoms with Crippen molar-refractivity contribution in [3.63, 3.8) is 0 Å². The molecule has 1 fully saturated rings. The first-order chi connectivity index (χ1) is 19.5. The van der Waals surface area contributed by atoms with Crippen LogP contribution in [0.25, 0.3) is 21.9 Å². The van der Waals surface area contributed by atoms with Crippen molar-refractivity contribution in [1.29, 1.82) is 0 Å². The van der Waals surface area contributed by atoms with Crippen LogP contribution in [0.1, 0.15) is 11.3 Å². The summed E-state index contributed by atoms with van der Waals surface area (Å²) in [6.45, 7) is -0.603. The van der Waals surface area contributed by atoms with Gasteiger partial charge in [-0.05, 0) is 23.6 Å². The Morgan fingerprint density at radius 1 is 1.10 bits per heavy atom. The van der Waals surface area contributed by atoms with E-state index < -0.39 is 52.3 Å². The van der Waals surface area contributed by atoms with Crippen molar-refractivity contribution in [3.8, 4) is 0 Å². The third-order valence-corrected chi connectivity index (χ3v) is 9.27. The Morgan fingerprint density at radius 2 is 1.85 bits per heavy atom. The van der Waals surface area contributed by atoms with Crippen molar-refractivity contribution < 1.29 is 30.7 Å². The standard InChI is InChI=1S/C27H24F4N6O3S/c1-40-24-10-9-17(21-11-19(27(29,30)31)25-26(32)33-15-34-37(21)25)12-36(24)22-14-35(13-20(22)28)41(38,39)23-8-4-6-16-5-2-3-7-18(16)23/h2-12,15,20,22,24H,13-14H2,1H3,(H2,32,33,34)/t20-,22+,24?/m0/s1. The number of nitrogens with two attached hydrogens (primary N) is 1. The van der Waals surface area contributed by atoms with Crippen LogP contribution in [0.3, 0.4) is 0 Å². The minimum atomic E-state index is -4.73. The van der Waals surface area contributed by atoms with Crippen molar-refractivity contribution in [2.24, 2.45) is 0 Å². The lowest BCUT2D eigenvalue weighted by molar-refractivity contribution is -0.136. The van der Waals surface area contributed by atoms with Gasteiger partial charge in [-0.3, -0.25) is 0 Å². The summed E-state index contributed by atoms with van der Waals surface area (Å²) in [6.07, 6.45) is -1.55. The number of fused-ring (bicyclic) bond motifs is 2. The van der Waals surface area contributed by atoms with E-state index in [-0.39, 0.29) is 28.5 Å². The number of rotatable bonds is 5. The van der Waals surface area contributed by atoms with E-state index in [2.05, 4.69) is 10.1 Å². The molecule has 2 aliphatic rings. The van der Waals surface area contributed by atoms with Gasteiger partial charge in [-0.2, -0.15) is 22.6 Å². The molecule has 0 aliphatic carbocycles. The van der Waals surface area contributed by atoms with Crippen LogP contribution in [0.15, 0.2) is 78.1 Å². The maximum atomic E-state index is 15.6. The number of hydrogen-bond donors (Lipinski definition) is 1. The van der Waals surface area contributed by atoms with Gasteiger partial charge in [0, 0.05) is 37.4 Å². The highest BCUT2D eigenvalue weighted by atomic mass is 32.2. The molecule has 0 saturated carbocycles. The molecule has 0 spiro atoms. The topological polar surface area (TPSA) is 106 Å². The number of nitrogen functional groups attached to an aromatic ring is 1. The van der Waals surface area contributed by atoms with Gasteiger partial charge in [0.1, 0.15) is 24.2 Å². The maximum absolute atomic E-state index is 15.6. The van der Waals surface area contributed by atoms with Gasteiger partial charge in [0.2, 0.25) is 10.0 Å². The van der Waals surface area contributed by atoms with Crippen molar-refractivity contribution in [1.82, 2.24) is 23.8 Å². The summed E-state index contributed by atoms with van der Waals surface area (Å²) in [5.74, 6) is -0.348. The normalized spacial score (nSPS) is 22.1. The van der Waals surface area contributed by atoms with E-state index in [1.807, 2.05) is 0 Å². The second-order valence-electron chi connectivity index (χ2n) is 9.75.